The average molecular weight is 570 g/mol. The van der Waals surface area contributed by atoms with Crippen LogP contribution in [0.2, 0.25) is 0 Å². The van der Waals surface area contributed by atoms with Gasteiger partial charge in [-0.1, -0.05) is 109 Å². The fraction of sp³-hybridized carbons (Fsp3) is 0. The van der Waals surface area contributed by atoms with Crippen molar-refractivity contribution in [2.45, 2.75) is 0 Å². The number of aromatic nitrogens is 2. The Hall–Kier alpha value is -5.86. The summed E-state index contributed by atoms with van der Waals surface area (Å²) in [4.78, 5) is 0. The molecule has 2 heteroatoms. The second-order valence-corrected chi connectivity index (χ2v) is 10.7. The topological polar surface area (TPSA) is 9.86 Å². The van der Waals surface area contributed by atoms with Crippen molar-refractivity contribution in [1.82, 2.24) is 9.13 Å². The van der Waals surface area contributed by atoms with Gasteiger partial charge in [0.2, 0.25) is 0 Å². The van der Waals surface area contributed by atoms with Gasteiger partial charge in [0.1, 0.15) is 0 Å². The van der Waals surface area contributed by atoms with E-state index in [1.165, 1.54) is 0 Å². The third kappa shape index (κ3) is 3.82. The summed E-state index contributed by atoms with van der Waals surface area (Å²) >= 11 is 0. The molecule has 0 aliphatic rings. The quantitative estimate of drug-likeness (QED) is 0.199. The molecule has 0 aliphatic carbocycles. The molecule has 0 fully saturated rings. The summed E-state index contributed by atoms with van der Waals surface area (Å²) in [6, 6.07) is 34.0. The molecule has 0 atom stereocenters. The normalized spacial score (nSPS) is 14.5. The van der Waals surface area contributed by atoms with Gasteiger partial charge in [0.15, 0.2) is 0 Å². The summed E-state index contributed by atoms with van der Waals surface area (Å²) in [5.74, 6) is 0. The molecule has 44 heavy (non-hydrogen) atoms. The van der Waals surface area contributed by atoms with E-state index in [2.05, 4.69) is 53.1 Å². The molecule has 206 valence electrons. The van der Waals surface area contributed by atoms with Crippen LogP contribution in [0.4, 0.5) is 0 Å². The van der Waals surface area contributed by atoms with Crippen molar-refractivity contribution in [3.05, 3.63) is 170 Å². The molecule has 0 aliphatic heterocycles. The molecule has 0 radical (unpaired) electrons. The van der Waals surface area contributed by atoms with Crippen LogP contribution in [0.5, 0.6) is 0 Å². The first-order valence-corrected chi connectivity index (χ1v) is 14.4. The first-order valence-electron chi connectivity index (χ1n) is 18.9. The molecule has 2 aromatic heterocycles. The summed E-state index contributed by atoms with van der Waals surface area (Å²) in [5, 5.41) is 3.97. The van der Waals surface area contributed by atoms with Crippen molar-refractivity contribution < 1.29 is 12.3 Å². The van der Waals surface area contributed by atoms with E-state index < -0.39 is 42.3 Å². The summed E-state index contributed by atoms with van der Waals surface area (Å²) in [7, 11) is 0. The van der Waals surface area contributed by atoms with Gasteiger partial charge in [0, 0.05) is 32.9 Å². The Balaban J connectivity index is 1.25. The van der Waals surface area contributed by atoms with Gasteiger partial charge in [-0.3, -0.25) is 0 Å². The van der Waals surface area contributed by atoms with Crippen LogP contribution in [0.3, 0.4) is 0 Å². The van der Waals surface area contributed by atoms with E-state index in [4.69, 9.17) is 12.3 Å². The molecule has 0 spiro atoms. The maximum absolute atomic E-state index is 9.16. The summed E-state index contributed by atoms with van der Waals surface area (Å²) < 4.78 is 81.5. The minimum absolute atomic E-state index is 0.00482. The van der Waals surface area contributed by atoms with Gasteiger partial charge >= 0.3 is 0 Å². The molecule has 2 heterocycles. The minimum Gasteiger partial charge on any atom is -0.309 e. The van der Waals surface area contributed by atoms with Crippen molar-refractivity contribution in [1.29, 1.82) is 0 Å². The largest absolute Gasteiger partial charge is 0.309 e. The van der Waals surface area contributed by atoms with E-state index in [1.807, 2.05) is 66.7 Å². The van der Waals surface area contributed by atoms with Crippen LogP contribution in [-0.2, 0) is 0 Å². The number of fused-ring (bicyclic) bond motifs is 6. The first-order chi connectivity index (χ1) is 25.6. The Morgan fingerprint density at radius 2 is 0.818 bits per heavy atom. The number of para-hydroxylation sites is 3. The van der Waals surface area contributed by atoms with Gasteiger partial charge in [-0.15, -0.1) is 0 Å². The van der Waals surface area contributed by atoms with E-state index in [-0.39, 0.29) is 28.9 Å². The third-order valence-corrected chi connectivity index (χ3v) is 8.28. The molecule has 2 nitrogen and oxygen atoms in total. The maximum Gasteiger partial charge on any atom is 0.0645 e. The van der Waals surface area contributed by atoms with Gasteiger partial charge in [-0.2, -0.15) is 0 Å². The lowest BCUT2D eigenvalue weighted by Crippen LogP contribution is -1.93. The number of hydrogen-bond acceptors (Lipinski definition) is 0. The molecule has 7 aromatic carbocycles. The predicted octanol–water partition coefficient (Wildman–Crippen LogP) is 11.2. The van der Waals surface area contributed by atoms with Crippen molar-refractivity contribution in [2.24, 2.45) is 0 Å². The zero-order chi connectivity index (χ0) is 36.9. The van der Waals surface area contributed by atoms with E-state index in [9.17, 15) is 0 Å². The molecule has 0 saturated carbocycles. The van der Waals surface area contributed by atoms with Gasteiger partial charge in [0.05, 0.1) is 34.4 Å². The molecule has 0 bridgehead atoms. The van der Waals surface area contributed by atoms with Crippen LogP contribution in [-0.4, -0.2) is 9.13 Å². The Morgan fingerprint density at radius 1 is 0.341 bits per heavy atom. The summed E-state index contributed by atoms with van der Waals surface area (Å²) in [5.41, 5.74) is 5.92. The van der Waals surface area contributed by atoms with Crippen molar-refractivity contribution in [3.63, 3.8) is 0 Å². The maximum atomic E-state index is 9.16. The molecular weight excluding hydrogens is 532 g/mol. The van der Waals surface area contributed by atoms with Crippen LogP contribution < -0.4 is 0 Å². The lowest BCUT2D eigenvalue weighted by molar-refractivity contribution is 1.18. The van der Waals surface area contributed by atoms with Gasteiger partial charge in [-0.05, 0) is 82.9 Å². The molecule has 0 N–H and O–H groups in total. The highest BCUT2D eigenvalue weighted by molar-refractivity contribution is 6.12. The summed E-state index contributed by atoms with van der Waals surface area (Å²) in [6.07, 6.45) is 0. The van der Waals surface area contributed by atoms with Crippen LogP contribution in [0.15, 0.2) is 170 Å². The van der Waals surface area contributed by atoms with Gasteiger partial charge in [-0.25, -0.2) is 0 Å². The Labute approximate surface area is 268 Å². The zero-order valence-electron chi connectivity index (χ0n) is 32.4. The lowest BCUT2D eigenvalue weighted by atomic mass is 10.0. The Bertz CT molecular complexity index is 2940. The average Bonchev–Trinajstić information content (AvgIpc) is 3.69. The third-order valence-electron chi connectivity index (χ3n) is 8.28. The minimum atomic E-state index is -0.610. The first kappa shape index (κ1) is 17.3. The van der Waals surface area contributed by atoms with E-state index in [0.29, 0.717) is 11.0 Å². The van der Waals surface area contributed by atoms with Gasteiger partial charge < -0.3 is 9.13 Å². The Kier molecular flexibility index (Phi) is 3.88. The van der Waals surface area contributed by atoms with Crippen molar-refractivity contribution in [2.75, 3.05) is 0 Å². The molecular formula is C42H28N2. The summed E-state index contributed by atoms with van der Waals surface area (Å²) in [6.45, 7) is 0. The van der Waals surface area contributed by atoms with Crippen LogP contribution >= 0.6 is 0 Å². The highest BCUT2D eigenvalue weighted by atomic mass is 15.0. The number of hydrogen-bond donors (Lipinski definition) is 0. The van der Waals surface area contributed by atoms with Crippen LogP contribution in [0.1, 0.15) is 12.3 Å². The van der Waals surface area contributed by atoms with Gasteiger partial charge in [0.25, 0.3) is 0 Å². The van der Waals surface area contributed by atoms with E-state index in [1.54, 1.807) is 4.57 Å². The van der Waals surface area contributed by atoms with Crippen molar-refractivity contribution >= 4 is 43.6 Å². The monoisotopic (exact) mass is 569 g/mol. The lowest BCUT2D eigenvalue weighted by Gasteiger charge is -2.10. The standard InChI is InChI=1S/C42H28N2/c1-3-11-29(12-4-1)30-19-23-34(24-20-30)44-40-18-10-8-16-36(40)38-28-32(22-26-42(38)44)31-21-25-41-37(27-31)35-15-7-9-17-39(35)43(41)33-13-5-2-6-14-33/h1-28H/i1D,3D,4D,11D,12D,19D,20D,23D,24D. The van der Waals surface area contributed by atoms with E-state index >= 15 is 0 Å². The SMILES string of the molecule is [2H]c1c([2H])c([2H])c(-c2c([2H])c([2H])c(-n3c4ccccc4c4cc(-c5ccc6c(c5)c5ccccc5n6-c5ccccc5)ccc43)c([2H])c2[2H])c([2H])c1[2H]. The number of rotatable bonds is 4. The fourth-order valence-corrected chi connectivity index (χ4v) is 6.32. The van der Waals surface area contributed by atoms with Crippen LogP contribution in [0, 0.1) is 0 Å². The zero-order valence-corrected chi connectivity index (χ0v) is 23.4. The second-order valence-electron chi connectivity index (χ2n) is 10.7. The second kappa shape index (κ2) is 9.86. The molecule has 0 amide bonds. The smallest absolute Gasteiger partial charge is 0.0645 e. The van der Waals surface area contributed by atoms with E-state index in [0.717, 1.165) is 49.4 Å². The molecule has 0 saturated heterocycles. The fourth-order valence-electron chi connectivity index (χ4n) is 6.32. The van der Waals surface area contributed by atoms with Crippen molar-refractivity contribution in [3.8, 4) is 33.6 Å². The predicted molar refractivity (Wildman–Crippen MR) is 186 cm³/mol. The highest BCUT2D eigenvalue weighted by Crippen LogP contribution is 2.38. The Morgan fingerprint density at radius 3 is 1.41 bits per heavy atom. The van der Waals surface area contributed by atoms with Crippen LogP contribution in [0.25, 0.3) is 77.2 Å². The number of nitrogens with zero attached hydrogens (tertiary/aromatic N) is 2. The number of benzene rings is 7. The molecule has 9 rings (SSSR count). The highest BCUT2D eigenvalue weighted by Gasteiger charge is 2.16. The molecule has 0 unspecified atom stereocenters. The molecule has 9 aromatic rings.